The molecule has 2 rings (SSSR count). The average Bonchev–Trinajstić information content (AvgIpc) is 2.62. The van der Waals surface area contributed by atoms with Gasteiger partial charge in [0.05, 0.1) is 6.33 Å². The summed E-state index contributed by atoms with van der Waals surface area (Å²) < 4.78 is 1.82. The Morgan fingerprint density at radius 3 is 3.19 bits per heavy atom. The molecule has 6 heteroatoms. The zero-order chi connectivity index (χ0) is 11.5. The fraction of sp³-hybridized carbons (Fsp3) is 0.300. The van der Waals surface area contributed by atoms with Gasteiger partial charge in [-0.2, -0.15) is 4.98 Å². The molecule has 0 radical (unpaired) electrons. The Morgan fingerprint density at radius 2 is 2.44 bits per heavy atom. The number of imidazole rings is 1. The summed E-state index contributed by atoms with van der Waals surface area (Å²) in [5.41, 5.74) is 6.04. The van der Waals surface area contributed by atoms with Crippen molar-refractivity contribution in [2.75, 3.05) is 5.73 Å². The van der Waals surface area contributed by atoms with Crippen LogP contribution >= 0.6 is 0 Å². The summed E-state index contributed by atoms with van der Waals surface area (Å²) in [4.78, 5) is 22.0. The lowest BCUT2D eigenvalue weighted by molar-refractivity contribution is 0.661. The normalized spacial score (nSPS) is 10.8. The van der Waals surface area contributed by atoms with E-state index < -0.39 is 0 Å². The molecule has 2 heterocycles. The van der Waals surface area contributed by atoms with E-state index in [2.05, 4.69) is 21.5 Å². The minimum atomic E-state index is -0.301. The van der Waals surface area contributed by atoms with Crippen LogP contribution in [0.3, 0.4) is 0 Å². The molecule has 3 N–H and O–H groups in total. The van der Waals surface area contributed by atoms with E-state index in [1.54, 1.807) is 6.33 Å². The smallest absolute Gasteiger partial charge is 0.280 e. The highest BCUT2D eigenvalue weighted by atomic mass is 16.1. The van der Waals surface area contributed by atoms with Crippen LogP contribution < -0.4 is 11.3 Å². The molecular weight excluding hydrogens is 206 g/mol. The molecule has 0 fully saturated rings. The van der Waals surface area contributed by atoms with Crippen LogP contribution in [0.5, 0.6) is 0 Å². The highest BCUT2D eigenvalue weighted by molar-refractivity contribution is 5.70. The van der Waals surface area contributed by atoms with Crippen molar-refractivity contribution in [3.05, 3.63) is 29.3 Å². The second kappa shape index (κ2) is 4.18. The number of nitrogens with zero attached hydrogens (tertiary/aromatic N) is 3. The summed E-state index contributed by atoms with van der Waals surface area (Å²) >= 11 is 0. The molecule has 2 aromatic rings. The number of allylic oxidation sites excluding steroid dienone is 1. The first-order valence-corrected chi connectivity index (χ1v) is 5.04. The van der Waals surface area contributed by atoms with Crippen molar-refractivity contribution in [3.63, 3.8) is 0 Å². The number of fused-ring (bicyclic) bond motifs is 1. The zero-order valence-electron chi connectivity index (χ0n) is 8.81. The lowest BCUT2D eigenvalue weighted by atomic mass is 10.3. The number of anilines is 1. The lowest BCUT2D eigenvalue weighted by Crippen LogP contribution is -2.12. The summed E-state index contributed by atoms with van der Waals surface area (Å²) in [5.74, 6) is 0.114. The van der Waals surface area contributed by atoms with Gasteiger partial charge < -0.3 is 10.3 Å². The van der Waals surface area contributed by atoms with E-state index in [0.717, 1.165) is 19.4 Å². The molecule has 2 aromatic heterocycles. The second-order valence-electron chi connectivity index (χ2n) is 3.49. The first kappa shape index (κ1) is 10.4. The van der Waals surface area contributed by atoms with E-state index in [9.17, 15) is 4.79 Å². The summed E-state index contributed by atoms with van der Waals surface area (Å²) in [7, 11) is 0. The number of hydrogen-bond acceptors (Lipinski definition) is 4. The molecule has 84 valence electrons. The van der Waals surface area contributed by atoms with Gasteiger partial charge in [0, 0.05) is 6.54 Å². The van der Waals surface area contributed by atoms with Crippen molar-refractivity contribution < 1.29 is 0 Å². The molecule has 6 nitrogen and oxygen atoms in total. The fourth-order valence-electron chi connectivity index (χ4n) is 1.54. The van der Waals surface area contributed by atoms with Gasteiger partial charge in [0.2, 0.25) is 5.95 Å². The van der Waals surface area contributed by atoms with E-state index in [1.807, 2.05) is 10.6 Å². The molecule has 0 aliphatic rings. The van der Waals surface area contributed by atoms with Crippen LogP contribution in [0.4, 0.5) is 5.95 Å². The van der Waals surface area contributed by atoms with E-state index in [1.165, 1.54) is 0 Å². The molecule has 0 atom stereocenters. The fourth-order valence-corrected chi connectivity index (χ4v) is 1.54. The number of aromatic nitrogens is 4. The molecule has 0 aliphatic carbocycles. The van der Waals surface area contributed by atoms with Crippen molar-refractivity contribution in [2.24, 2.45) is 0 Å². The van der Waals surface area contributed by atoms with E-state index in [4.69, 9.17) is 5.73 Å². The third-order valence-electron chi connectivity index (χ3n) is 2.30. The van der Waals surface area contributed by atoms with Gasteiger partial charge in [0.1, 0.15) is 0 Å². The van der Waals surface area contributed by atoms with Gasteiger partial charge in [0.25, 0.3) is 5.56 Å². The Hall–Kier alpha value is -2.11. The van der Waals surface area contributed by atoms with Gasteiger partial charge in [-0.1, -0.05) is 6.08 Å². The first-order valence-electron chi connectivity index (χ1n) is 5.04. The van der Waals surface area contributed by atoms with Crippen LogP contribution in [0, 0.1) is 0 Å². The molecule has 0 bridgehead atoms. The van der Waals surface area contributed by atoms with Gasteiger partial charge in [-0.3, -0.25) is 9.78 Å². The molecule has 0 saturated heterocycles. The van der Waals surface area contributed by atoms with Gasteiger partial charge in [0.15, 0.2) is 11.2 Å². The van der Waals surface area contributed by atoms with Crippen LogP contribution in [0.2, 0.25) is 0 Å². The Bertz CT molecular complexity index is 568. The highest BCUT2D eigenvalue weighted by Crippen LogP contribution is 2.07. The van der Waals surface area contributed by atoms with Gasteiger partial charge in [-0.05, 0) is 12.8 Å². The number of nitrogens with two attached hydrogens (primary N) is 1. The lowest BCUT2D eigenvalue weighted by Gasteiger charge is -2.01. The van der Waals surface area contributed by atoms with Gasteiger partial charge in [-0.25, -0.2) is 4.98 Å². The van der Waals surface area contributed by atoms with Crippen molar-refractivity contribution >= 4 is 17.1 Å². The molecule has 0 aromatic carbocycles. The van der Waals surface area contributed by atoms with Gasteiger partial charge in [-0.15, -0.1) is 6.58 Å². The third kappa shape index (κ3) is 1.81. The van der Waals surface area contributed by atoms with Gasteiger partial charge >= 0.3 is 0 Å². The van der Waals surface area contributed by atoms with Crippen molar-refractivity contribution in [2.45, 2.75) is 19.4 Å². The number of aryl methyl sites for hydroxylation is 1. The highest BCUT2D eigenvalue weighted by Gasteiger charge is 2.08. The number of rotatable bonds is 4. The van der Waals surface area contributed by atoms with Crippen LogP contribution in [0.1, 0.15) is 12.8 Å². The topological polar surface area (TPSA) is 89.6 Å². The predicted octanol–water partition coefficient (Wildman–Crippen LogP) is 0.668. The van der Waals surface area contributed by atoms with Crippen molar-refractivity contribution in [1.82, 2.24) is 19.5 Å². The number of nitrogen functional groups attached to an aromatic ring is 1. The van der Waals surface area contributed by atoms with Crippen LogP contribution in [0.25, 0.3) is 11.2 Å². The summed E-state index contributed by atoms with van der Waals surface area (Å²) in [6, 6.07) is 0. The zero-order valence-corrected chi connectivity index (χ0v) is 8.81. The van der Waals surface area contributed by atoms with E-state index in [-0.39, 0.29) is 11.5 Å². The molecule has 0 amide bonds. The van der Waals surface area contributed by atoms with Crippen molar-refractivity contribution in [1.29, 1.82) is 0 Å². The number of nitrogens with one attached hydrogen (secondary N) is 1. The number of unbranched alkanes of at least 4 members (excludes halogenated alkanes) is 1. The molecular formula is C10H13N5O. The Labute approximate surface area is 91.8 Å². The second-order valence-corrected chi connectivity index (χ2v) is 3.49. The maximum absolute atomic E-state index is 11.5. The Kier molecular flexibility index (Phi) is 2.72. The van der Waals surface area contributed by atoms with Crippen LogP contribution in [-0.4, -0.2) is 19.5 Å². The monoisotopic (exact) mass is 219 g/mol. The Balaban J connectivity index is 2.39. The molecule has 0 saturated carbocycles. The van der Waals surface area contributed by atoms with Crippen LogP contribution in [0.15, 0.2) is 23.8 Å². The molecule has 0 unspecified atom stereocenters. The third-order valence-corrected chi connectivity index (χ3v) is 2.30. The number of hydrogen-bond donors (Lipinski definition) is 2. The predicted molar refractivity (Wildman–Crippen MR) is 62.0 cm³/mol. The summed E-state index contributed by atoms with van der Waals surface area (Å²) in [6.07, 6.45) is 5.31. The first-order chi connectivity index (χ1) is 7.72. The minimum Gasteiger partial charge on any atom is -0.369 e. The maximum Gasteiger partial charge on any atom is 0.280 e. The van der Waals surface area contributed by atoms with Crippen LogP contribution in [-0.2, 0) is 6.54 Å². The minimum absolute atomic E-state index is 0.114. The SMILES string of the molecule is C=CCCCn1cnc2c(=O)[nH]c(N)nc21. The molecule has 0 spiro atoms. The number of H-pyrrole nitrogens is 1. The quantitative estimate of drug-likeness (QED) is 0.584. The largest absolute Gasteiger partial charge is 0.369 e. The average molecular weight is 219 g/mol. The summed E-state index contributed by atoms with van der Waals surface area (Å²) in [6.45, 7) is 4.40. The Morgan fingerprint density at radius 1 is 1.62 bits per heavy atom. The van der Waals surface area contributed by atoms with E-state index in [0.29, 0.717) is 11.2 Å². The number of aromatic amines is 1. The standard InChI is InChI=1S/C10H13N5O/c1-2-3-4-5-15-6-12-7-8(15)13-10(11)14-9(7)16/h2,6H,1,3-5H2,(H3,11,13,14,16). The van der Waals surface area contributed by atoms with E-state index >= 15 is 0 Å². The van der Waals surface area contributed by atoms with Crippen molar-refractivity contribution in [3.8, 4) is 0 Å². The molecule has 16 heavy (non-hydrogen) atoms. The molecule has 0 aliphatic heterocycles. The maximum atomic E-state index is 11.5. The summed E-state index contributed by atoms with van der Waals surface area (Å²) in [5, 5.41) is 0.